The van der Waals surface area contributed by atoms with Crippen LogP contribution < -0.4 is 0 Å². The van der Waals surface area contributed by atoms with Crippen LogP contribution in [0.1, 0.15) is 36.5 Å². The van der Waals surface area contributed by atoms with E-state index in [1.165, 1.54) is 12.1 Å². The summed E-state index contributed by atoms with van der Waals surface area (Å²) in [5.74, 6) is 0. The highest BCUT2D eigenvalue weighted by Gasteiger charge is 2.17. The Balaban J connectivity index is 3.29. The number of benzene rings is 1. The fourth-order valence-electron chi connectivity index (χ4n) is 1.75. The Morgan fingerprint density at radius 2 is 2.06 bits per heavy atom. The number of rotatable bonds is 5. The van der Waals surface area contributed by atoms with Gasteiger partial charge in [0.05, 0.1) is 29.0 Å². The van der Waals surface area contributed by atoms with Gasteiger partial charge in [0.15, 0.2) is 0 Å². The van der Waals surface area contributed by atoms with Gasteiger partial charge in [-0.05, 0) is 24.5 Å². The van der Waals surface area contributed by atoms with E-state index in [1.54, 1.807) is 0 Å². The summed E-state index contributed by atoms with van der Waals surface area (Å²) in [6, 6.07) is 6.81. The van der Waals surface area contributed by atoms with Crippen molar-refractivity contribution in [2.75, 3.05) is 0 Å². The Hall–Kier alpha value is -2.40. The number of aryl methyl sites for hydroxylation is 1. The molecule has 0 fully saturated rings. The molecule has 5 heteroatoms. The van der Waals surface area contributed by atoms with Gasteiger partial charge < -0.3 is 0 Å². The lowest BCUT2D eigenvalue weighted by Crippen LogP contribution is -2.00. The first kappa shape index (κ1) is 13.7. The van der Waals surface area contributed by atoms with Crippen molar-refractivity contribution < 1.29 is 4.92 Å². The zero-order chi connectivity index (χ0) is 13.5. The van der Waals surface area contributed by atoms with E-state index in [-0.39, 0.29) is 12.1 Å². The first-order chi connectivity index (χ1) is 8.63. The van der Waals surface area contributed by atoms with Crippen molar-refractivity contribution in [3.8, 4) is 12.1 Å². The lowest BCUT2D eigenvalue weighted by molar-refractivity contribution is -0.385. The molecule has 0 radical (unpaired) electrons. The Kier molecular flexibility index (Phi) is 4.83. The normalized spacial score (nSPS) is 9.50. The van der Waals surface area contributed by atoms with Crippen LogP contribution in [0.5, 0.6) is 0 Å². The van der Waals surface area contributed by atoms with Gasteiger partial charge in [-0.25, -0.2) is 0 Å². The van der Waals surface area contributed by atoms with E-state index in [9.17, 15) is 10.1 Å². The van der Waals surface area contributed by atoms with Crippen LogP contribution in [-0.2, 0) is 12.8 Å². The summed E-state index contributed by atoms with van der Waals surface area (Å²) >= 11 is 0. The number of hydrogen-bond donors (Lipinski definition) is 0. The molecule has 0 saturated heterocycles. The molecule has 0 aromatic heterocycles. The standard InChI is InChI=1S/C13H13N3O2/c1-2-3-4-10-8-13(16(17)18)11(5-6-14)7-12(10)9-15/h7-8H,2-5H2,1H3. The van der Waals surface area contributed by atoms with E-state index in [0.717, 1.165) is 12.8 Å². The van der Waals surface area contributed by atoms with Crippen molar-refractivity contribution in [3.63, 3.8) is 0 Å². The van der Waals surface area contributed by atoms with Crippen molar-refractivity contribution in [1.29, 1.82) is 10.5 Å². The van der Waals surface area contributed by atoms with Crippen molar-refractivity contribution in [3.05, 3.63) is 38.9 Å². The van der Waals surface area contributed by atoms with Crippen molar-refractivity contribution >= 4 is 5.69 Å². The van der Waals surface area contributed by atoms with Gasteiger partial charge in [-0.15, -0.1) is 0 Å². The van der Waals surface area contributed by atoms with Crippen LogP contribution in [0.15, 0.2) is 12.1 Å². The molecule has 0 bridgehead atoms. The third kappa shape index (κ3) is 3.05. The van der Waals surface area contributed by atoms with Crippen molar-refractivity contribution in [1.82, 2.24) is 0 Å². The molecule has 0 spiro atoms. The molecule has 18 heavy (non-hydrogen) atoms. The van der Waals surface area contributed by atoms with E-state index < -0.39 is 4.92 Å². The van der Waals surface area contributed by atoms with Gasteiger partial charge in [0, 0.05) is 11.6 Å². The summed E-state index contributed by atoms with van der Waals surface area (Å²) in [6.45, 7) is 2.02. The summed E-state index contributed by atoms with van der Waals surface area (Å²) in [7, 11) is 0. The van der Waals surface area contributed by atoms with Crippen LogP contribution in [0.2, 0.25) is 0 Å². The smallest absolute Gasteiger partial charge is 0.258 e. The van der Waals surface area contributed by atoms with Crippen LogP contribution in [0.4, 0.5) is 5.69 Å². The van der Waals surface area contributed by atoms with E-state index in [2.05, 4.69) is 0 Å². The molecule has 0 amide bonds. The largest absolute Gasteiger partial charge is 0.273 e. The third-order valence-corrected chi connectivity index (χ3v) is 2.69. The van der Waals surface area contributed by atoms with Crippen LogP contribution in [0, 0.1) is 32.8 Å². The zero-order valence-electron chi connectivity index (χ0n) is 10.1. The second-order valence-corrected chi connectivity index (χ2v) is 3.95. The minimum atomic E-state index is -0.497. The molecule has 0 saturated carbocycles. The maximum absolute atomic E-state index is 10.9. The second kappa shape index (κ2) is 6.36. The van der Waals surface area contributed by atoms with Gasteiger partial charge in [-0.2, -0.15) is 10.5 Å². The Morgan fingerprint density at radius 1 is 1.33 bits per heavy atom. The zero-order valence-corrected chi connectivity index (χ0v) is 10.1. The molecule has 0 aliphatic heterocycles. The van der Waals surface area contributed by atoms with Crippen molar-refractivity contribution in [2.24, 2.45) is 0 Å². The second-order valence-electron chi connectivity index (χ2n) is 3.95. The summed E-state index contributed by atoms with van der Waals surface area (Å²) in [5, 5.41) is 28.6. The first-order valence-corrected chi connectivity index (χ1v) is 5.71. The van der Waals surface area contributed by atoms with Crippen LogP contribution in [0.25, 0.3) is 0 Å². The number of nitro benzene ring substituents is 1. The molecule has 92 valence electrons. The Bertz CT molecular complexity index is 538. The van der Waals surface area contributed by atoms with E-state index in [1.807, 2.05) is 19.1 Å². The average Bonchev–Trinajstić information content (AvgIpc) is 2.36. The van der Waals surface area contributed by atoms with Gasteiger partial charge in [0.2, 0.25) is 0 Å². The fourth-order valence-corrected chi connectivity index (χ4v) is 1.75. The number of nitriles is 2. The summed E-state index contributed by atoms with van der Waals surface area (Å²) < 4.78 is 0. The van der Waals surface area contributed by atoms with Crippen molar-refractivity contribution in [2.45, 2.75) is 32.6 Å². The number of nitrogens with zero attached hydrogens (tertiary/aromatic N) is 3. The first-order valence-electron chi connectivity index (χ1n) is 5.71. The van der Waals surface area contributed by atoms with Gasteiger partial charge >= 0.3 is 0 Å². The molecule has 0 aliphatic rings. The lowest BCUT2D eigenvalue weighted by atomic mass is 9.97. The Morgan fingerprint density at radius 3 is 2.56 bits per heavy atom. The number of unbranched alkanes of at least 4 members (excludes halogenated alkanes) is 1. The van der Waals surface area contributed by atoms with Gasteiger partial charge in [-0.3, -0.25) is 10.1 Å². The number of hydrogen-bond acceptors (Lipinski definition) is 4. The van der Waals surface area contributed by atoms with Crippen LogP contribution in [0.3, 0.4) is 0 Å². The molecule has 1 rings (SSSR count). The highest BCUT2D eigenvalue weighted by atomic mass is 16.6. The SMILES string of the molecule is CCCCc1cc([N+](=O)[O-])c(CC#N)cc1C#N. The highest BCUT2D eigenvalue weighted by Crippen LogP contribution is 2.25. The third-order valence-electron chi connectivity index (χ3n) is 2.69. The maximum atomic E-state index is 10.9. The topological polar surface area (TPSA) is 90.7 Å². The summed E-state index contributed by atoms with van der Waals surface area (Å²) in [6.07, 6.45) is 2.42. The fraction of sp³-hybridized carbons (Fsp3) is 0.385. The molecule has 0 aliphatic carbocycles. The minimum Gasteiger partial charge on any atom is -0.258 e. The van der Waals surface area contributed by atoms with Crippen LogP contribution >= 0.6 is 0 Å². The van der Waals surface area contributed by atoms with Gasteiger partial charge in [0.25, 0.3) is 5.69 Å². The molecule has 0 atom stereocenters. The molecular formula is C13H13N3O2. The summed E-state index contributed by atoms with van der Waals surface area (Å²) in [5.41, 5.74) is 1.35. The van der Waals surface area contributed by atoms with E-state index >= 15 is 0 Å². The predicted octanol–water partition coefficient (Wildman–Crippen LogP) is 2.88. The molecular weight excluding hydrogens is 230 g/mol. The minimum absolute atomic E-state index is 0.0565. The predicted molar refractivity (Wildman–Crippen MR) is 65.7 cm³/mol. The number of nitro groups is 1. The molecule has 5 nitrogen and oxygen atoms in total. The monoisotopic (exact) mass is 243 g/mol. The van der Waals surface area contributed by atoms with Gasteiger partial charge in [-0.1, -0.05) is 13.3 Å². The van der Waals surface area contributed by atoms with Gasteiger partial charge in [0.1, 0.15) is 0 Å². The Labute approximate surface area is 105 Å². The maximum Gasteiger partial charge on any atom is 0.273 e. The highest BCUT2D eigenvalue weighted by molar-refractivity contribution is 5.52. The molecule has 0 unspecified atom stereocenters. The summed E-state index contributed by atoms with van der Waals surface area (Å²) in [4.78, 5) is 10.4. The van der Waals surface area contributed by atoms with E-state index in [4.69, 9.17) is 10.5 Å². The average molecular weight is 243 g/mol. The molecule has 0 heterocycles. The van der Waals surface area contributed by atoms with Crippen LogP contribution in [-0.4, -0.2) is 4.92 Å². The van der Waals surface area contributed by atoms with E-state index in [0.29, 0.717) is 23.1 Å². The lowest BCUT2D eigenvalue weighted by Gasteiger charge is -2.06. The molecule has 1 aromatic rings. The molecule has 0 N–H and O–H groups in total. The molecule has 1 aromatic carbocycles. The quantitative estimate of drug-likeness (QED) is 0.587.